The summed E-state index contributed by atoms with van der Waals surface area (Å²) in [6, 6.07) is 11.4. The van der Waals surface area contributed by atoms with Crippen molar-refractivity contribution in [3.8, 4) is 5.75 Å². The van der Waals surface area contributed by atoms with E-state index in [4.69, 9.17) is 21.7 Å². The second kappa shape index (κ2) is 8.47. The molecular weight excluding hydrogens is 326 g/mol. The van der Waals surface area contributed by atoms with E-state index >= 15 is 0 Å². The van der Waals surface area contributed by atoms with Crippen LogP contribution >= 0.6 is 12.2 Å². The van der Waals surface area contributed by atoms with E-state index in [1.807, 2.05) is 37.3 Å². The number of benzene rings is 2. The predicted octanol–water partition coefficient (Wildman–Crippen LogP) is 1.99. The van der Waals surface area contributed by atoms with Crippen molar-refractivity contribution in [1.82, 2.24) is 16.2 Å². The van der Waals surface area contributed by atoms with Crippen molar-refractivity contribution in [2.24, 2.45) is 0 Å². The Kier molecular flexibility index (Phi) is 6.34. The monoisotopic (exact) mass is 347 g/mol. The SMILES string of the molecule is COC[C@@H](C)NC(=S)NNC(=O)c1cc2ccccc2cc1OC. The van der Waals surface area contributed by atoms with E-state index in [-0.39, 0.29) is 11.9 Å². The smallest absolute Gasteiger partial charge is 0.273 e. The number of carbonyl (C=O) groups excluding carboxylic acids is 1. The van der Waals surface area contributed by atoms with Gasteiger partial charge in [-0.3, -0.25) is 15.6 Å². The third-order valence-electron chi connectivity index (χ3n) is 3.40. The van der Waals surface area contributed by atoms with Gasteiger partial charge in [0.25, 0.3) is 5.91 Å². The summed E-state index contributed by atoms with van der Waals surface area (Å²) >= 11 is 5.13. The van der Waals surface area contributed by atoms with Crippen molar-refractivity contribution in [2.75, 3.05) is 20.8 Å². The molecule has 0 fully saturated rings. The number of amides is 1. The first-order chi connectivity index (χ1) is 11.5. The lowest BCUT2D eigenvalue weighted by molar-refractivity contribution is 0.0940. The molecule has 0 aromatic heterocycles. The average Bonchev–Trinajstić information content (AvgIpc) is 2.58. The summed E-state index contributed by atoms with van der Waals surface area (Å²) in [6.45, 7) is 2.43. The van der Waals surface area contributed by atoms with Crippen LogP contribution in [0.4, 0.5) is 0 Å². The zero-order valence-electron chi connectivity index (χ0n) is 13.9. The lowest BCUT2D eigenvalue weighted by Gasteiger charge is -2.17. The van der Waals surface area contributed by atoms with Gasteiger partial charge in [0.05, 0.1) is 19.3 Å². The fraction of sp³-hybridized carbons (Fsp3) is 0.294. The number of thiocarbonyl (C=S) groups is 1. The zero-order chi connectivity index (χ0) is 17.5. The minimum atomic E-state index is -0.332. The first-order valence-corrected chi connectivity index (χ1v) is 7.88. The van der Waals surface area contributed by atoms with Crippen LogP contribution in [-0.4, -0.2) is 37.9 Å². The minimum absolute atomic E-state index is 0.0297. The first kappa shape index (κ1) is 18.0. The van der Waals surface area contributed by atoms with E-state index in [9.17, 15) is 4.79 Å². The number of carbonyl (C=O) groups is 1. The van der Waals surface area contributed by atoms with Crippen LogP contribution in [0.5, 0.6) is 5.75 Å². The van der Waals surface area contributed by atoms with E-state index in [1.165, 1.54) is 7.11 Å². The van der Waals surface area contributed by atoms with Crippen LogP contribution in [0.25, 0.3) is 10.8 Å². The maximum atomic E-state index is 12.4. The molecule has 0 heterocycles. The Morgan fingerprint density at radius 3 is 2.46 bits per heavy atom. The normalized spacial score (nSPS) is 11.6. The molecule has 2 rings (SSSR count). The van der Waals surface area contributed by atoms with Crippen LogP contribution in [0.3, 0.4) is 0 Å². The van der Waals surface area contributed by atoms with E-state index in [1.54, 1.807) is 13.2 Å². The first-order valence-electron chi connectivity index (χ1n) is 7.47. The molecule has 0 unspecified atom stereocenters. The van der Waals surface area contributed by atoms with Gasteiger partial charge in [0.2, 0.25) is 0 Å². The summed E-state index contributed by atoms with van der Waals surface area (Å²) in [7, 11) is 3.15. The molecule has 0 bridgehead atoms. The number of hydrazine groups is 1. The van der Waals surface area contributed by atoms with Gasteiger partial charge in [0.15, 0.2) is 5.11 Å². The lowest BCUT2D eigenvalue weighted by Crippen LogP contribution is -2.50. The second-order valence-electron chi connectivity index (χ2n) is 5.31. The summed E-state index contributed by atoms with van der Waals surface area (Å²) < 4.78 is 10.3. The van der Waals surface area contributed by atoms with Crippen LogP contribution in [0.2, 0.25) is 0 Å². The van der Waals surface area contributed by atoms with Gasteiger partial charge in [-0.05, 0) is 42.0 Å². The molecule has 0 saturated carbocycles. The van der Waals surface area contributed by atoms with Gasteiger partial charge in [-0.2, -0.15) is 0 Å². The minimum Gasteiger partial charge on any atom is -0.496 e. The maximum absolute atomic E-state index is 12.4. The zero-order valence-corrected chi connectivity index (χ0v) is 14.7. The largest absolute Gasteiger partial charge is 0.496 e. The summed E-state index contributed by atoms with van der Waals surface area (Å²) in [5.41, 5.74) is 5.68. The van der Waals surface area contributed by atoms with E-state index < -0.39 is 0 Å². The van der Waals surface area contributed by atoms with Crippen molar-refractivity contribution >= 4 is 34.0 Å². The fourth-order valence-corrected chi connectivity index (χ4v) is 2.55. The molecule has 0 radical (unpaired) electrons. The van der Waals surface area contributed by atoms with Gasteiger partial charge in [-0.25, -0.2) is 0 Å². The maximum Gasteiger partial charge on any atom is 0.273 e. The molecule has 0 saturated heterocycles. The topological polar surface area (TPSA) is 71.6 Å². The highest BCUT2D eigenvalue weighted by atomic mass is 32.1. The van der Waals surface area contributed by atoms with Crippen molar-refractivity contribution < 1.29 is 14.3 Å². The van der Waals surface area contributed by atoms with Crippen molar-refractivity contribution in [1.29, 1.82) is 0 Å². The molecule has 24 heavy (non-hydrogen) atoms. The Morgan fingerprint density at radius 2 is 1.83 bits per heavy atom. The van der Waals surface area contributed by atoms with Crippen LogP contribution in [-0.2, 0) is 4.74 Å². The number of methoxy groups -OCH3 is 2. The molecule has 2 aromatic rings. The molecule has 7 heteroatoms. The highest BCUT2D eigenvalue weighted by Gasteiger charge is 2.14. The van der Waals surface area contributed by atoms with E-state index in [2.05, 4.69) is 16.2 Å². The summed E-state index contributed by atoms with van der Waals surface area (Å²) in [5.74, 6) is 0.167. The number of rotatable bonds is 5. The van der Waals surface area contributed by atoms with Crippen molar-refractivity contribution in [3.05, 3.63) is 42.0 Å². The van der Waals surface area contributed by atoms with Crippen LogP contribution in [0, 0.1) is 0 Å². The van der Waals surface area contributed by atoms with E-state index in [0.717, 1.165) is 10.8 Å². The standard InChI is InChI=1S/C17H21N3O3S/c1-11(10-22-2)18-17(24)20-19-16(21)14-8-12-6-4-5-7-13(12)9-15(14)23-3/h4-9,11H,10H2,1-3H3,(H,19,21)(H2,18,20,24)/t11-/m1/s1. The molecule has 0 spiro atoms. The Hall–Kier alpha value is -2.38. The quantitative estimate of drug-likeness (QED) is 0.568. The second-order valence-corrected chi connectivity index (χ2v) is 5.72. The third kappa shape index (κ3) is 4.56. The molecule has 1 amide bonds. The molecule has 3 N–H and O–H groups in total. The molecule has 2 aromatic carbocycles. The Bertz CT molecular complexity index is 736. The molecule has 0 aliphatic carbocycles. The van der Waals surface area contributed by atoms with Gasteiger partial charge in [-0.15, -0.1) is 0 Å². The van der Waals surface area contributed by atoms with Gasteiger partial charge in [0, 0.05) is 13.2 Å². The Morgan fingerprint density at radius 1 is 1.17 bits per heavy atom. The van der Waals surface area contributed by atoms with E-state index in [0.29, 0.717) is 23.0 Å². The van der Waals surface area contributed by atoms with Crippen molar-refractivity contribution in [3.63, 3.8) is 0 Å². The Balaban J connectivity index is 2.06. The van der Waals surface area contributed by atoms with Crippen LogP contribution in [0.1, 0.15) is 17.3 Å². The Labute approximate surface area is 146 Å². The lowest BCUT2D eigenvalue weighted by atomic mass is 10.1. The van der Waals surface area contributed by atoms with Gasteiger partial charge in [-0.1, -0.05) is 24.3 Å². The number of fused-ring (bicyclic) bond motifs is 1. The average molecular weight is 347 g/mol. The van der Waals surface area contributed by atoms with Crippen LogP contribution < -0.4 is 20.9 Å². The number of nitrogens with one attached hydrogen (secondary N) is 3. The highest BCUT2D eigenvalue weighted by Crippen LogP contribution is 2.25. The number of ether oxygens (including phenoxy) is 2. The number of hydrogen-bond acceptors (Lipinski definition) is 4. The van der Waals surface area contributed by atoms with Gasteiger partial charge in [0.1, 0.15) is 5.75 Å². The van der Waals surface area contributed by atoms with Gasteiger partial charge >= 0.3 is 0 Å². The molecule has 6 nitrogen and oxygen atoms in total. The third-order valence-corrected chi connectivity index (χ3v) is 3.62. The molecule has 0 aliphatic rings. The van der Waals surface area contributed by atoms with Crippen molar-refractivity contribution in [2.45, 2.75) is 13.0 Å². The predicted molar refractivity (Wildman–Crippen MR) is 98.2 cm³/mol. The van der Waals surface area contributed by atoms with Crippen LogP contribution in [0.15, 0.2) is 36.4 Å². The molecule has 128 valence electrons. The number of hydrogen-bond donors (Lipinski definition) is 3. The fourth-order valence-electron chi connectivity index (χ4n) is 2.30. The molecule has 0 aliphatic heterocycles. The summed E-state index contributed by atoms with van der Waals surface area (Å²) in [5, 5.41) is 5.27. The summed E-state index contributed by atoms with van der Waals surface area (Å²) in [4.78, 5) is 12.4. The van der Waals surface area contributed by atoms with Gasteiger partial charge < -0.3 is 14.8 Å². The highest BCUT2D eigenvalue weighted by molar-refractivity contribution is 7.80. The molecular formula is C17H21N3O3S. The summed E-state index contributed by atoms with van der Waals surface area (Å²) in [6.07, 6.45) is 0. The molecule has 1 atom stereocenters.